The Balaban J connectivity index is 1.97. The topological polar surface area (TPSA) is 68.6 Å². The lowest BCUT2D eigenvalue weighted by molar-refractivity contribution is -0.131. The Labute approximate surface area is 186 Å². The molecule has 0 atom stereocenters. The van der Waals surface area contributed by atoms with Gasteiger partial charge in [0.15, 0.2) is 0 Å². The summed E-state index contributed by atoms with van der Waals surface area (Å²) in [6.45, 7) is 1.33. The van der Waals surface area contributed by atoms with Gasteiger partial charge in [0.1, 0.15) is 5.75 Å². The van der Waals surface area contributed by atoms with Gasteiger partial charge < -0.3 is 9.30 Å². The van der Waals surface area contributed by atoms with Gasteiger partial charge in [0, 0.05) is 52.9 Å². The monoisotopic (exact) mass is 476 g/mol. The van der Waals surface area contributed by atoms with Crippen LogP contribution in [-0.4, -0.2) is 34.3 Å². The number of aryl methyl sites for hydroxylation is 1. The van der Waals surface area contributed by atoms with Crippen molar-refractivity contribution < 1.29 is 19.1 Å². The van der Waals surface area contributed by atoms with E-state index in [4.69, 9.17) is 4.74 Å². The molecular weight excluding hydrogens is 460 g/mol. The van der Waals surface area contributed by atoms with Gasteiger partial charge in [-0.3, -0.25) is 19.3 Å². The van der Waals surface area contributed by atoms with Gasteiger partial charge in [-0.2, -0.15) is 0 Å². The van der Waals surface area contributed by atoms with Crippen LogP contribution in [0.15, 0.2) is 53.0 Å². The molecule has 0 fully saturated rings. The van der Waals surface area contributed by atoms with Crippen LogP contribution in [0.4, 0.5) is 0 Å². The molecule has 0 radical (unpaired) electrons. The van der Waals surface area contributed by atoms with Crippen molar-refractivity contribution in [3.63, 3.8) is 0 Å². The summed E-state index contributed by atoms with van der Waals surface area (Å²) in [6, 6.07) is 14.8. The quantitative estimate of drug-likeness (QED) is 0.234. The second-order valence-electron chi connectivity index (χ2n) is 7.55. The van der Waals surface area contributed by atoms with Crippen LogP contribution in [0.3, 0.4) is 0 Å². The second kappa shape index (κ2) is 6.78. The summed E-state index contributed by atoms with van der Waals surface area (Å²) in [5, 5.41) is 1.63. The summed E-state index contributed by atoms with van der Waals surface area (Å²) in [7, 11) is 3.41. The largest absolute Gasteiger partial charge is 0.426 e. The molecular formula is C24H17BrN2O4. The molecule has 1 aliphatic rings. The summed E-state index contributed by atoms with van der Waals surface area (Å²) < 4.78 is 8.29. The van der Waals surface area contributed by atoms with Crippen molar-refractivity contribution in [2.75, 3.05) is 7.05 Å². The van der Waals surface area contributed by atoms with E-state index in [1.807, 2.05) is 41.9 Å². The molecule has 0 bridgehead atoms. The Hall–Kier alpha value is -3.45. The summed E-state index contributed by atoms with van der Waals surface area (Å²) in [4.78, 5) is 39.2. The normalized spacial score (nSPS) is 13.4. The number of halogens is 1. The Morgan fingerprint density at radius 1 is 0.903 bits per heavy atom. The minimum atomic E-state index is -0.459. The summed E-state index contributed by atoms with van der Waals surface area (Å²) >= 11 is 3.51. The van der Waals surface area contributed by atoms with Crippen LogP contribution in [0, 0.1) is 0 Å². The Morgan fingerprint density at radius 2 is 1.61 bits per heavy atom. The van der Waals surface area contributed by atoms with E-state index in [2.05, 4.69) is 15.9 Å². The summed E-state index contributed by atoms with van der Waals surface area (Å²) in [5.74, 6) is -0.835. The number of para-hydroxylation sites is 1. The zero-order valence-corrected chi connectivity index (χ0v) is 18.6. The van der Waals surface area contributed by atoms with Gasteiger partial charge in [0.2, 0.25) is 0 Å². The van der Waals surface area contributed by atoms with Crippen molar-refractivity contribution in [3.8, 4) is 16.9 Å². The molecule has 2 heterocycles. The molecule has 0 N–H and O–H groups in total. The SMILES string of the molecule is CC(=O)Oc1ccccc1-c1cc2c(c3c1C(=O)N(C)C3=O)c1cc(Br)ccc1n2C. The number of nitrogens with zero attached hydrogens (tertiary/aromatic N) is 2. The predicted molar refractivity (Wildman–Crippen MR) is 121 cm³/mol. The van der Waals surface area contributed by atoms with E-state index in [9.17, 15) is 14.4 Å². The molecule has 5 rings (SSSR count). The first-order valence-corrected chi connectivity index (χ1v) is 10.4. The zero-order chi connectivity index (χ0) is 22.0. The standard InChI is InChI=1S/C24H17BrN2O4/c1-12(28)31-19-7-5-4-6-14(19)15-11-18-20(22-21(15)23(29)27(3)24(22)30)16-10-13(25)8-9-17(16)26(18)2/h4-11H,1-3H3. The highest BCUT2D eigenvalue weighted by molar-refractivity contribution is 9.10. The molecule has 7 heteroatoms. The van der Waals surface area contributed by atoms with Gasteiger partial charge >= 0.3 is 5.97 Å². The maximum absolute atomic E-state index is 13.2. The molecule has 0 saturated carbocycles. The second-order valence-corrected chi connectivity index (χ2v) is 8.46. The smallest absolute Gasteiger partial charge is 0.308 e. The third-order valence-corrected chi connectivity index (χ3v) is 6.22. The average molecular weight is 477 g/mol. The van der Waals surface area contributed by atoms with Gasteiger partial charge in [0.05, 0.1) is 16.6 Å². The molecule has 1 aliphatic heterocycles. The Kier molecular flexibility index (Phi) is 4.27. The number of hydrogen-bond donors (Lipinski definition) is 0. The number of carbonyl (C=O) groups excluding carboxylic acids is 3. The van der Waals surface area contributed by atoms with E-state index in [0.29, 0.717) is 28.0 Å². The van der Waals surface area contributed by atoms with Crippen molar-refractivity contribution >= 4 is 55.5 Å². The highest BCUT2D eigenvalue weighted by Gasteiger charge is 2.39. The van der Waals surface area contributed by atoms with E-state index in [-0.39, 0.29) is 11.8 Å². The van der Waals surface area contributed by atoms with E-state index in [0.717, 1.165) is 31.2 Å². The number of esters is 1. The number of hydrogen-bond acceptors (Lipinski definition) is 4. The fourth-order valence-corrected chi connectivity index (χ4v) is 4.71. The number of benzene rings is 3. The molecule has 0 unspecified atom stereocenters. The molecule has 0 spiro atoms. The van der Waals surface area contributed by atoms with Crippen LogP contribution in [-0.2, 0) is 11.8 Å². The van der Waals surface area contributed by atoms with Gasteiger partial charge in [-0.15, -0.1) is 0 Å². The van der Waals surface area contributed by atoms with E-state index < -0.39 is 5.97 Å². The van der Waals surface area contributed by atoms with Crippen molar-refractivity contribution in [3.05, 3.63) is 64.1 Å². The minimum Gasteiger partial charge on any atom is -0.426 e. The predicted octanol–water partition coefficient (Wildman–Crippen LogP) is 4.91. The Morgan fingerprint density at radius 3 is 2.35 bits per heavy atom. The number of aromatic nitrogens is 1. The molecule has 3 aromatic carbocycles. The Bertz CT molecular complexity index is 1470. The molecule has 6 nitrogen and oxygen atoms in total. The molecule has 4 aromatic rings. The third kappa shape index (κ3) is 2.73. The third-order valence-electron chi connectivity index (χ3n) is 5.73. The summed E-state index contributed by atoms with van der Waals surface area (Å²) in [6.07, 6.45) is 0. The summed E-state index contributed by atoms with van der Waals surface area (Å²) in [5.41, 5.74) is 3.61. The van der Waals surface area contributed by atoms with Gasteiger partial charge in [0.25, 0.3) is 11.8 Å². The van der Waals surface area contributed by atoms with Crippen LogP contribution < -0.4 is 4.74 Å². The number of imide groups is 1. The van der Waals surface area contributed by atoms with Crippen molar-refractivity contribution in [1.82, 2.24) is 9.47 Å². The number of rotatable bonds is 2. The molecule has 31 heavy (non-hydrogen) atoms. The first-order valence-electron chi connectivity index (χ1n) is 9.64. The van der Waals surface area contributed by atoms with Crippen molar-refractivity contribution in [1.29, 1.82) is 0 Å². The molecule has 0 saturated heterocycles. The average Bonchev–Trinajstić information content (AvgIpc) is 3.13. The van der Waals surface area contributed by atoms with Crippen molar-refractivity contribution in [2.24, 2.45) is 7.05 Å². The lowest BCUT2D eigenvalue weighted by atomic mass is 9.92. The highest BCUT2D eigenvalue weighted by atomic mass is 79.9. The van der Waals surface area contributed by atoms with E-state index >= 15 is 0 Å². The maximum atomic E-state index is 13.2. The maximum Gasteiger partial charge on any atom is 0.308 e. The fourth-order valence-electron chi connectivity index (χ4n) is 4.35. The number of fused-ring (bicyclic) bond motifs is 5. The van der Waals surface area contributed by atoms with Crippen LogP contribution in [0.2, 0.25) is 0 Å². The number of carbonyl (C=O) groups is 3. The van der Waals surface area contributed by atoms with Crippen LogP contribution in [0.25, 0.3) is 32.9 Å². The molecule has 0 aliphatic carbocycles. The molecule has 2 amide bonds. The van der Waals surface area contributed by atoms with Crippen LogP contribution in [0.1, 0.15) is 27.6 Å². The lowest BCUT2D eigenvalue weighted by Crippen LogP contribution is -2.24. The number of amides is 2. The van der Waals surface area contributed by atoms with Crippen molar-refractivity contribution in [2.45, 2.75) is 6.92 Å². The van der Waals surface area contributed by atoms with Crippen LogP contribution >= 0.6 is 15.9 Å². The zero-order valence-electron chi connectivity index (χ0n) is 17.0. The highest BCUT2D eigenvalue weighted by Crippen LogP contribution is 2.44. The van der Waals surface area contributed by atoms with Gasteiger partial charge in [-0.05, 0) is 30.3 Å². The van der Waals surface area contributed by atoms with Gasteiger partial charge in [-0.1, -0.05) is 34.1 Å². The lowest BCUT2D eigenvalue weighted by Gasteiger charge is -2.13. The van der Waals surface area contributed by atoms with Crippen LogP contribution in [0.5, 0.6) is 5.75 Å². The van der Waals surface area contributed by atoms with E-state index in [1.165, 1.54) is 14.0 Å². The first-order chi connectivity index (χ1) is 14.8. The first kappa shape index (κ1) is 19.5. The molecule has 154 valence electrons. The minimum absolute atomic E-state index is 0.326. The fraction of sp³-hybridized carbons (Fsp3) is 0.125. The van der Waals surface area contributed by atoms with Gasteiger partial charge in [-0.25, -0.2) is 0 Å². The molecule has 1 aromatic heterocycles. The van der Waals surface area contributed by atoms with E-state index in [1.54, 1.807) is 18.2 Å². The number of ether oxygens (including phenoxy) is 1.